The lowest BCUT2D eigenvalue weighted by Crippen LogP contribution is -2.07. The number of aliphatic hydroxyl groups is 1. The minimum Gasteiger partial charge on any atom is -0.496 e. The van der Waals surface area contributed by atoms with Crippen LogP contribution in [0.5, 0.6) is 5.75 Å². The summed E-state index contributed by atoms with van der Waals surface area (Å²) in [6, 6.07) is 7.68. The molecule has 0 bridgehead atoms. The number of nitrogens with zero attached hydrogens (tertiary/aromatic N) is 2. The molecule has 0 aliphatic heterocycles. The predicted molar refractivity (Wildman–Crippen MR) is 81.9 cm³/mol. The predicted octanol–water partition coefficient (Wildman–Crippen LogP) is 3.03. The molecular weight excluding hydrogens is 320 g/mol. The van der Waals surface area contributed by atoms with Crippen molar-refractivity contribution in [2.45, 2.75) is 25.9 Å². The second-order valence-electron chi connectivity index (χ2n) is 4.71. The standard InChI is InChI=1S/C15H19BrN2O2/c1-4-11-8-12(18(2)17-11)9-14(19)13-6-5-10(16)7-15(13)20-3/h5-8,14,19H,4,9H2,1-3H3. The van der Waals surface area contributed by atoms with Gasteiger partial charge in [-0.25, -0.2) is 0 Å². The van der Waals surface area contributed by atoms with E-state index in [2.05, 4.69) is 28.0 Å². The van der Waals surface area contributed by atoms with Crippen LogP contribution in [0.25, 0.3) is 0 Å². The minimum absolute atomic E-state index is 0.515. The highest BCUT2D eigenvalue weighted by atomic mass is 79.9. The van der Waals surface area contributed by atoms with E-state index in [1.807, 2.05) is 36.0 Å². The molecule has 1 atom stereocenters. The van der Waals surface area contributed by atoms with Crippen LogP contribution in [-0.4, -0.2) is 22.0 Å². The van der Waals surface area contributed by atoms with Gasteiger partial charge in [-0.1, -0.05) is 28.9 Å². The molecule has 0 amide bonds. The Morgan fingerprint density at radius 1 is 1.40 bits per heavy atom. The second-order valence-corrected chi connectivity index (χ2v) is 5.63. The zero-order valence-electron chi connectivity index (χ0n) is 11.9. The van der Waals surface area contributed by atoms with E-state index in [1.165, 1.54) is 0 Å². The van der Waals surface area contributed by atoms with Crippen molar-refractivity contribution in [1.29, 1.82) is 0 Å². The number of aromatic nitrogens is 2. The molecule has 0 fully saturated rings. The van der Waals surface area contributed by atoms with Crippen molar-refractivity contribution in [3.63, 3.8) is 0 Å². The molecule has 5 heteroatoms. The molecule has 108 valence electrons. The molecule has 2 aromatic rings. The summed E-state index contributed by atoms with van der Waals surface area (Å²) in [6.45, 7) is 2.07. The lowest BCUT2D eigenvalue weighted by atomic mass is 10.0. The van der Waals surface area contributed by atoms with Crippen LogP contribution < -0.4 is 4.74 Å². The van der Waals surface area contributed by atoms with Crippen LogP contribution in [0.1, 0.15) is 30.0 Å². The molecule has 0 saturated carbocycles. The molecular formula is C15H19BrN2O2. The maximum atomic E-state index is 10.4. The average molecular weight is 339 g/mol. The van der Waals surface area contributed by atoms with Gasteiger partial charge in [0.2, 0.25) is 0 Å². The molecule has 1 aromatic heterocycles. The maximum absolute atomic E-state index is 10.4. The zero-order chi connectivity index (χ0) is 14.7. The Hall–Kier alpha value is -1.33. The summed E-state index contributed by atoms with van der Waals surface area (Å²) in [6.07, 6.45) is 0.797. The second kappa shape index (κ2) is 6.41. The first kappa shape index (κ1) is 15.1. The van der Waals surface area contributed by atoms with Crippen molar-refractivity contribution < 1.29 is 9.84 Å². The Morgan fingerprint density at radius 3 is 2.75 bits per heavy atom. The SMILES string of the molecule is CCc1cc(CC(O)c2ccc(Br)cc2OC)n(C)n1. The number of benzene rings is 1. The van der Waals surface area contributed by atoms with Crippen molar-refractivity contribution in [2.24, 2.45) is 7.05 Å². The van der Waals surface area contributed by atoms with Gasteiger partial charge in [-0.3, -0.25) is 4.68 Å². The molecule has 0 spiro atoms. The number of hydrogen-bond donors (Lipinski definition) is 1. The Morgan fingerprint density at radius 2 is 2.15 bits per heavy atom. The number of ether oxygens (including phenoxy) is 1. The molecule has 0 saturated heterocycles. The van der Waals surface area contributed by atoms with Gasteiger partial charge in [-0.05, 0) is 24.6 Å². The fourth-order valence-electron chi connectivity index (χ4n) is 2.20. The molecule has 1 N–H and O–H groups in total. The molecule has 20 heavy (non-hydrogen) atoms. The van der Waals surface area contributed by atoms with Gasteiger partial charge in [0.05, 0.1) is 18.9 Å². The van der Waals surface area contributed by atoms with E-state index in [4.69, 9.17) is 4.74 Å². The van der Waals surface area contributed by atoms with Crippen LogP contribution in [-0.2, 0) is 19.9 Å². The molecule has 4 nitrogen and oxygen atoms in total. The lowest BCUT2D eigenvalue weighted by molar-refractivity contribution is 0.171. The third kappa shape index (κ3) is 3.22. The van der Waals surface area contributed by atoms with E-state index in [0.717, 1.165) is 27.8 Å². The largest absolute Gasteiger partial charge is 0.496 e. The lowest BCUT2D eigenvalue weighted by Gasteiger charge is -2.15. The van der Waals surface area contributed by atoms with Crippen LogP contribution in [0.15, 0.2) is 28.7 Å². The van der Waals surface area contributed by atoms with E-state index in [0.29, 0.717) is 12.2 Å². The molecule has 1 heterocycles. The summed E-state index contributed by atoms with van der Waals surface area (Å²) in [5, 5.41) is 14.8. The number of hydrogen-bond acceptors (Lipinski definition) is 3. The summed E-state index contributed by atoms with van der Waals surface area (Å²) < 4.78 is 8.09. The Labute approximate surface area is 127 Å². The van der Waals surface area contributed by atoms with Gasteiger partial charge in [-0.2, -0.15) is 5.10 Å². The highest BCUT2D eigenvalue weighted by Gasteiger charge is 2.16. The van der Waals surface area contributed by atoms with Crippen LogP contribution in [0.3, 0.4) is 0 Å². The van der Waals surface area contributed by atoms with Crippen molar-refractivity contribution in [2.75, 3.05) is 7.11 Å². The molecule has 0 aliphatic rings. The van der Waals surface area contributed by atoms with Gasteiger partial charge in [0.15, 0.2) is 0 Å². The maximum Gasteiger partial charge on any atom is 0.125 e. The first-order chi connectivity index (χ1) is 9.55. The van der Waals surface area contributed by atoms with Gasteiger partial charge >= 0.3 is 0 Å². The van der Waals surface area contributed by atoms with Crippen molar-refractivity contribution in [3.8, 4) is 5.75 Å². The molecule has 1 aromatic carbocycles. The summed E-state index contributed by atoms with van der Waals surface area (Å²) in [4.78, 5) is 0. The minimum atomic E-state index is -0.613. The first-order valence-corrected chi connectivity index (χ1v) is 7.37. The summed E-state index contributed by atoms with van der Waals surface area (Å²) in [5.74, 6) is 0.685. The smallest absolute Gasteiger partial charge is 0.125 e. The van der Waals surface area contributed by atoms with Gasteiger partial charge in [-0.15, -0.1) is 0 Å². The topological polar surface area (TPSA) is 47.3 Å². The fraction of sp³-hybridized carbons (Fsp3) is 0.400. The molecule has 0 radical (unpaired) electrons. The quantitative estimate of drug-likeness (QED) is 0.911. The third-order valence-corrected chi connectivity index (χ3v) is 3.84. The van der Waals surface area contributed by atoms with Crippen LogP contribution >= 0.6 is 15.9 Å². The van der Waals surface area contributed by atoms with Crippen LogP contribution in [0.2, 0.25) is 0 Å². The highest BCUT2D eigenvalue weighted by Crippen LogP contribution is 2.30. The summed E-state index contributed by atoms with van der Waals surface area (Å²) in [5.41, 5.74) is 2.84. The monoisotopic (exact) mass is 338 g/mol. The Balaban J connectivity index is 2.23. The van der Waals surface area contributed by atoms with E-state index in [-0.39, 0.29) is 0 Å². The number of halogens is 1. The van der Waals surface area contributed by atoms with E-state index >= 15 is 0 Å². The Bertz CT molecular complexity index is 596. The Kier molecular flexibility index (Phi) is 4.83. The summed E-state index contributed by atoms with van der Waals surface area (Å²) in [7, 11) is 3.51. The summed E-state index contributed by atoms with van der Waals surface area (Å²) >= 11 is 3.40. The van der Waals surface area contributed by atoms with E-state index in [1.54, 1.807) is 7.11 Å². The van der Waals surface area contributed by atoms with Crippen molar-refractivity contribution in [1.82, 2.24) is 9.78 Å². The van der Waals surface area contributed by atoms with E-state index < -0.39 is 6.10 Å². The number of rotatable bonds is 5. The highest BCUT2D eigenvalue weighted by molar-refractivity contribution is 9.10. The number of methoxy groups -OCH3 is 1. The first-order valence-electron chi connectivity index (χ1n) is 6.58. The van der Waals surface area contributed by atoms with Crippen LogP contribution in [0.4, 0.5) is 0 Å². The molecule has 0 aliphatic carbocycles. The third-order valence-electron chi connectivity index (χ3n) is 3.35. The van der Waals surface area contributed by atoms with Crippen LogP contribution in [0, 0.1) is 0 Å². The van der Waals surface area contributed by atoms with Gasteiger partial charge < -0.3 is 9.84 Å². The number of aryl methyl sites for hydroxylation is 2. The fourth-order valence-corrected chi connectivity index (χ4v) is 2.54. The molecule has 1 unspecified atom stereocenters. The van der Waals surface area contributed by atoms with E-state index in [9.17, 15) is 5.11 Å². The normalized spacial score (nSPS) is 12.4. The van der Waals surface area contributed by atoms with Gasteiger partial charge in [0.1, 0.15) is 5.75 Å². The van der Waals surface area contributed by atoms with Gasteiger partial charge in [0, 0.05) is 29.2 Å². The van der Waals surface area contributed by atoms with Crippen molar-refractivity contribution in [3.05, 3.63) is 45.7 Å². The van der Waals surface area contributed by atoms with Crippen molar-refractivity contribution >= 4 is 15.9 Å². The molecule has 2 rings (SSSR count). The number of aliphatic hydroxyl groups excluding tert-OH is 1. The zero-order valence-corrected chi connectivity index (χ0v) is 13.5. The average Bonchev–Trinajstić information content (AvgIpc) is 2.79. The van der Waals surface area contributed by atoms with Gasteiger partial charge in [0.25, 0.3) is 0 Å².